The first-order valence-electron chi connectivity index (χ1n) is 10.3. The van der Waals surface area contributed by atoms with E-state index in [1.54, 1.807) is 7.05 Å². The molecule has 2 aliphatic rings. The molecule has 1 aromatic carbocycles. The SMILES string of the molecule is CNC(=O)C1CC(n2cc(-c3ccc(CN4CCC(C)CC4)cc3)nn2)CN1. The molecule has 0 aliphatic carbocycles. The van der Waals surface area contributed by atoms with Crippen molar-refractivity contribution in [2.75, 3.05) is 26.7 Å². The number of hydrogen-bond acceptors (Lipinski definition) is 5. The van der Waals surface area contributed by atoms with Gasteiger partial charge >= 0.3 is 0 Å². The van der Waals surface area contributed by atoms with E-state index in [1.807, 2.05) is 10.9 Å². The number of carbonyl (C=O) groups excluding carboxylic acids is 1. The van der Waals surface area contributed by atoms with Gasteiger partial charge < -0.3 is 10.6 Å². The van der Waals surface area contributed by atoms with E-state index in [1.165, 1.54) is 31.5 Å². The fraction of sp³-hybridized carbons (Fsp3) is 0.571. The van der Waals surface area contributed by atoms with Crippen molar-refractivity contribution < 1.29 is 4.79 Å². The molecule has 2 fully saturated rings. The molecule has 3 heterocycles. The number of piperidine rings is 1. The molecule has 0 bridgehead atoms. The van der Waals surface area contributed by atoms with Gasteiger partial charge in [0.1, 0.15) is 5.69 Å². The van der Waals surface area contributed by atoms with E-state index in [-0.39, 0.29) is 18.0 Å². The molecule has 1 amide bonds. The van der Waals surface area contributed by atoms with Crippen LogP contribution in [0.25, 0.3) is 11.3 Å². The summed E-state index contributed by atoms with van der Waals surface area (Å²) in [5.41, 5.74) is 3.30. The van der Waals surface area contributed by atoms with Crippen molar-refractivity contribution in [2.45, 2.75) is 44.8 Å². The molecular weight excluding hydrogens is 352 g/mol. The molecule has 2 unspecified atom stereocenters. The Bertz CT molecular complexity index is 793. The smallest absolute Gasteiger partial charge is 0.236 e. The Balaban J connectivity index is 1.37. The quantitative estimate of drug-likeness (QED) is 0.825. The van der Waals surface area contributed by atoms with Gasteiger partial charge in [-0.1, -0.05) is 36.4 Å². The number of aromatic nitrogens is 3. The maximum absolute atomic E-state index is 11.8. The fourth-order valence-corrected chi connectivity index (χ4v) is 4.14. The van der Waals surface area contributed by atoms with Crippen LogP contribution in [0.5, 0.6) is 0 Å². The van der Waals surface area contributed by atoms with E-state index in [0.29, 0.717) is 0 Å². The third-order valence-electron chi connectivity index (χ3n) is 6.09. The van der Waals surface area contributed by atoms with Crippen LogP contribution in [0.2, 0.25) is 0 Å². The maximum Gasteiger partial charge on any atom is 0.236 e. The minimum atomic E-state index is -0.153. The van der Waals surface area contributed by atoms with E-state index >= 15 is 0 Å². The van der Waals surface area contributed by atoms with Crippen molar-refractivity contribution in [3.8, 4) is 11.3 Å². The molecular formula is C21H30N6O. The Hall–Kier alpha value is -2.25. The molecule has 28 heavy (non-hydrogen) atoms. The third kappa shape index (κ3) is 4.25. The zero-order valence-electron chi connectivity index (χ0n) is 16.8. The molecule has 2 N–H and O–H groups in total. The molecule has 2 aliphatic heterocycles. The third-order valence-corrected chi connectivity index (χ3v) is 6.09. The van der Waals surface area contributed by atoms with Crippen LogP contribution in [0.15, 0.2) is 30.5 Å². The first-order valence-corrected chi connectivity index (χ1v) is 10.3. The lowest BCUT2D eigenvalue weighted by molar-refractivity contribution is -0.122. The minimum Gasteiger partial charge on any atom is -0.358 e. The van der Waals surface area contributed by atoms with Gasteiger partial charge in [-0.3, -0.25) is 9.69 Å². The lowest BCUT2D eigenvalue weighted by atomic mass is 9.99. The van der Waals surface area contributed by atoms with Crippen LogP contribution >= 0.6 is 0 Å². The summed E-state index contributed by atoms with van der Waals surface area (Å²) in [6, 6.07) is 8.67. The van der Waals surface area contributed by atoms with Crippen molar-refractivity contribution in [1.29, 1.82) is 0 Å². The van der Waals surface area contributed by atoms with Crippen LogP contribution < -0.4 is 10.6 Å². The van der Waals surface area contributed by atoms with Crippen LogP contribution in [-0.2, 0) is 11.3 Å². The number of nitrogens with one attached hydrogen (secondary N) is 2. The molecule has 4 rings (SSSR count). The fourth-order valence-electron chi connectivity index (χ4n) is 4.14. The zero-order chi connectivity index (χ0) is 19.5. The number of rotatable bonds is 5. The largest absolute Gasteiger partial charge is 0.358 e. The zero-order valence-corrected chi connectivity index (χ0v) is 16.8. The first kappa shape index (κ1) is 19.1. The van der Waals surface area contributed by atoms with Crippen LogP contribution in [0, 0.1) is 5.92 Å². The van der Waals surface area contributed by atoms with E-state index in [9.17, 15) is 4.79 Å². The van der Waals surface area contributed by atoms with Gasteiger partial charge in [0.2, 0.25) is 5.91 Å². The average molecular weight is 383 g/mol. The Kier molecular flexibility index (Phi) is 5.73. The molecule has 1 aromatic heterocycles. The molecule has 0 radical (unpaired) electrons. The monoisotopic (exact) mass is 382 g/mol. The molecule has 7 nitrogen and oxygen atoms in total. The lowest BCUT2D eigenvalue weighted by Gasteiger charge is -2.30. The number of likely N-dealkylation sites (tertiary alicyclic amines) is 1. The summed E-state index contributed by atoms with van der Waals surface area (Å²) in [5, 5.41) is 14.6. The topological polar surface area (TPSA) is 75.1 Å². The summed E-state index contributed by atoms with van der Waals surface area (Å²) in [7, 11) is 1.67. The Labute approximate surface area is 166 Å². The molecule has 0 spiro atoms. The van der Waals surface area contributed by atoms with Crippen LogP contribution in [0.4, 0.5) is 0 Å². The number of amides is 1. The maximum atomic E-state index is 11.8. The van der Waals surface area contributed by atoms with Crippen molar-refractivity contribution in [3.63, 3.8) is 0 Å². The van der Waals surface area contributed by atoms with Gasteiger partial charge in [-0.15, -0.1) is 5.10 Å². The number of nitrogens with zero attached hydrogens (tertiary/aromatic N) is 4. The van der Waals surface area contributed by atoms with E-state index < -0.39 is 0 Å². The van der Waals surface area contributed by atoms with E-state index in [0.717, 1.165) is 36.7 Å². The van der Waals surface area contributed by atoms with E-state index in [2.05, 4.69) is 57.0 Å². The van der Waals surface area contributed by atoms with E-state index in [4.69, 9.17) is 0 Å². The minimum absolute atomic E-state index is 0.0293. The van der Waals surface area contributed by atoms with Crippen LogP contribution in [0.3, 0.4) is 0 Å². The Morgan fingerprint density at radius 3 is 2.71 bits per heavy atom. The normalized spacial score (nSPS) is 23.8. The van der Waals surface area contributed by atoms with Crippen LogP contribution in [0.1, 0.15) is 37.8 Å². The van der Waals surface area contributed by atoms with Crippen molar-refractivity contribution >= 4 is 5.91 Å². The molecule has 2 atom stereocenters. The summed E-state index contributed by atoms with van der Waals surface area (Å²) in [5.74, 6) is 0.893. The van der Waals surface area contributed by atoms with Crippen molar-refractivity contribution in [2.24, 2.45) is 5.92 Å². The molecule has 2 aromatic rings. The van der Waals surface area contributed by atoms with Gasteiger partial charge in [0.25, 0.3) is 0 Å². The second-order valence-corrected chi connectivity index (χ2v) is 8.20. The highest BCUT2D eigenvalue weighted by Gasteiger charge is 2.30. The predicted molar refractivity (Wildman–Crippen MR) is 109 cm³/mol. The number of carbonyl (C=O) groups is 1. The standard InChI is InChI=1S/C21H30N6O/c1-15-7-9-26(10-8-15)13-16-3-5-17(6-4-16)20-14-27(25-24-20)18-11-19(23-12-18)21(28)22-2/h3-6,14-15,18-19,23H,7-13H2,1-2H3,(H,22,28). The van der Waals surface area contributed by atoms with Gasteiger partial charge in [0.05, 0.1) is 18.3 Å². The first-order chi connectivity index (χ1) is 13.6. The van der Waals surface area contributed by atoms with Crippen molar-refractivity contribution in [3.05, 3.63) is 36.0 Å². The van der Waals surface area contributed by atoms with Crippen molar-refractivity contribution in [1.82, 2.24) is 30.5 Å². The van der Waals surface area contributed by atoms with Crippen LogP contribution in [-0.4, -0.2) is 58.5 Å². The highest BCUT2D eigenvalue weighted by Crippen LogP contribution is 2.24. The molecule has 0 saturated carbocycles. The van der Waals surface area contributed by atoms with Gasteiger partial charge in [-0.2, -0.15) is 0 Å². The van der Waals surface area contributed by atoms with Gasteiger partial charge in [0.15, 0.2) is 0 Å². The number of benzene rings is 1. The summed E-state index contributed by atoms with van der Waals surface area (Å²) in [6.45, 7) is 6.50. The second kappa shape index (κ2) is 8.41. The summed E-state index contributed by atoms with van der Waals surface area (Å²) < 4.78 is 1.88. The highest BCUT2D eigenvalue weighted by molar-refractivity contribution is 5.81. The summed E-state index contributed by atoms with van der Waals surface area (Å²) in [4.78, 5) is 14.3. The highest BCUT2D eigenvalue weighted by atomic mass is 16.2. The van der Waals surface area contributed by atoms with Gasteiger partial charge in [-0.05, 0) is 43.8 Å². The lowest BCUT2D eigenvalue weighted by Crippen LogP contribution is -2.38. The Morgan fingerprint density at radius 1 is 1.25 bits per heavy atom. The number of likely N-dealkylation sites (N-methyl/N-ethyl adjacent to an activating group) is 1. The molecule has 150 valence electrons. The average Bonchev–Trinajstić information content (AvgIpc) is 3.39. The van der Waals surface area contributed by atoms with Gasteiger partial charge in [-0.25, -0.2) is 4.68 Å². The summed E-state index contributed by atoms with van der Waals surface area (Å²) in [6.07, 6.45) is 5.32. The number of hydrogen-bond donors (Lipinski definition) is 2. The molecule has 7 heteroatoms. The summed E-state index contributed by atoms with van der Waals surface area (Å²) >= 11 is 0. The predicted octanol–water partition coefficient (Wildman–Crippen LogP) is 1.83. The molecule has 2 saturated heterocycles. The van der Waals surface area contributed by atoms with Gasteiger partial charge in [0, 0.05) is 25.7 Å². The second-order valence-electron chi connectivity index (χ2n) is 8.20. The Morgan fingerprint density at radius 2 is 2.00 bits per heavy atom.